The number of benzene rings is 6. The summed E-state index contributed by atoms with van der Waals surface area (Å²) in [6.45, 7) is 5.36. The summed E-state index contributed by atoms with van der Waals surface area (Å²) in [5.74, 6) is -4.66. The Hall–Kier alpha value is -12.4. The molecule has 0 saturated heterocycles. The molecule has 11 aromatic rings. The highest BCUT2D eigenvalue weighted by molar-refractivity contribution is 8.93. The van der Waals surface area contributed by atoms with Gasteiger partial charge in [-0.3, -0.25) is 24.6 Å². The number of azo groups is 2. The minimum absolute atomic E-state index is 0. The Morgan fingerprint density at radius 1 is 0.475 bits per heavy atom. The third-order valence-electron chi connectivity index (χ3n) is 17.0. The first-order chi connectivity index (χ1) is 47.2. The molecule has 0 atom stereocenters. The number of anilines is 2. The number of aromatic nitrogens is 4. The first kappa shape index (κ1) is 68.0. The van der Waals surface area contributed by atoms with Gasteiger partial charge in [0.25, 0.3) is 17.0 Å². The van der Waals surface area contributed by atoms with Crippen LogP contribution in [0.4, 0.5) is 34.1 Å². The lowest BCUT2D eigenvalue weighted by Crippen LogP contribution is -2.19. The molecule has 0 bridgehead atoms. The van der Waals surface area contributed by atoms with E-state index in [1.165, 1.54) is 97.6 Å². The summed E-state index contributed by atoms with van der Waals surface area (Å²) in [6.07, 6.45) is 14.1. The van der Waals surface area contributed by atoms with Gasteiger partial charge in [0.05, 0.1) is 59.3 Å². The molecule has 99 heavy (non-hydrogen) atoms. The quantitative estimate of drug-likeness (QED) is 0.0294. The minimum Gasteiger partial charge on any atom is -0.505 e. The van der Waals surface area contributed by atoms with Crippen LogP contribution >= 0.6 is 17.0 Å². The Balaban J connectivity index is 0.000000140. The molecule has 27 heteroatoms. The number of nitrogens with zero attached hydrogens (tertiary/aromatic N) is 8. The van der Waals surface area contributed by atoms with Crippen molar-refractivity contribution < 1.29 is 63.1 Å². The molecule has 15 rings (SSSR count). The number of aryl methyl sites for hydroxylation is 8. The summed E-state index contributed by atoms with van der Waals surface area (Å²) in [4.78, 5) is 70.4. The summed E-state index contributed by atoms with van der Waals surface area (Å²) in [5.41, 5.74) is 20.3. The number of hydrogen-bond acceptors (Lipinski definition) is 18. The average Bonchev–Trinajstić information content (AvgIpc) is 1.68. The number of furan rings is 3. The van der Waals surface area contributed by atoms with Gasteiger partial charge in [0.2, 0.25) is 17.3 Å². The highest BCUT2D eigenvalue weighted by Gasteiger charge is 2.25. The van der Waals surface area contributed by atoms with Crippen molar-refractivity contribution in [2.45, 2.75) is 85.0 Å². The average molecular weight is 1400 g/mol. The number of aromatic hydroxyl groups is 3. The molecule has 26 nitrogen and oxygen atoms in total. The lowest BCUT2D eigenvalue weighted by Gasteiger charge is -2.13. The van der Waals surface area contributed by atoms with Crippen LogP contribution in [0.5, 0.6) is 17.2 Å². The number of carboxylic acid groups (broad SMARTS) is 3. The molecule has 10 N–H and O–H groups in total. The monoisotopic (exact) mass is 1400 g/mol. The zero-order valence-electron chi connectivity index (χ0n) is 53.3. The van der Waals surface area contributed by atoms with Gasteiger partial charge in [-0.15, -0.1) is 37.4 Å². The van der Waals surface area contributed by atoms with Crippen LogP contribution in [0.2, 0.25) is 0 Å². The number of phenolic OH excluding ortho intramolecular Hbond substituents is 3. The largest absolute Gasteiger partial charge is 0.505 e. The van der Waals surface area contributed by atoms with Gasteiger partial charge < -0.3 is 49.6 Å². The van der Waals surface area contributed by atoms with Crippen LogP contribution in [0.15, 0.2) is 195 Å². The molecule has 0 spiro atoms. The van der Waals surface area contributed by atoms with E-state index < -0.39 is 17.9 Å². The van der Waals surface area contributed by atoms with Crippen molar-refractivity contribution >= 4 is 80.6 Å². The van der Waals surface area contributed by atoms with Gasteiger partial charge in [-0.05, 0) is 185 Å². The van der Waals surface area contributed by atoms with Crippen molar-refractivity contribution in [2.75, 3.05) is 10.7 Å². The molecule has 1 aliphatic heterocycles. The van der Waals surface area contributed by atoms with E-state index >= 15 is 0 Å². The van der Waals surface area contributed by atoms with Gasteiger partial charge in [-0.25, -0.2) is 28.8 Å². The van der Waals surface area contributed by atoms with Gasteiger partial charge in [-0.1, -0.05) is 54.6 Å². The molecule has 0 saturated carbocycles. The Bertz CT molecular complexity index is 4970. The third kappa shape index (κ3) is 14.4. The van der Waals surface area contributed by atoms with Crippen molar-refractivity contribution in [3.63, 3.8) is 0 Å². The molecule has 5 aromatic heterocycles. The van der Waals surface area contributed by atoms with E-state index in [1.807, 2.05) is 37.3 Å². The number of H-pyrrole nitrogens is 2. The maximum absolute atomic E-state index is 13.0. The number of hydrogen-bond donors (Lipinski definition) is 9. The van der Waals surface area contributed by atoms with Gasteiger partial charge in [-0.2, -0.15) is 5.10 Å². The van der Waals surface area contributed by atoms with Crippen molar-refractivity contribution in [2.24, 2.45) is 25.6 Å². The highest BCUT2D eigenvalue weighted by atomic mass is 79.9. The predicted octanol–water partition coefficient (Wildman–Crippen LogP) is 14.9. The molecule has 1 amide bonds. The number of nitrogens with two attached hydrogens (primary N) is 1. The number of aromatic carboxylic acids is 3. The van der Waals surface area contributed by atoms with Gasteiger partial charge in [0.1, 0.15) is 17.1 Å². The number of carbonyl (C=O) groups excluding carboxylic acids is 1. The van der Waals surface area contributed by atoms with Crippen LogP contribution in [0.25, 0.3) is 44.8 Å². The van der Waals surface area contributed by atoms with E-state index in [4.69, 9.17) is 34.3 Å². The molecule has 0 fully saturated rings. The lowest BCUT2D eigenvalue weighted by molar-refractivity contribution is -0.116. The summed E-state index contributed by atoms with van der Waals surface area (Å²) in [6, 6.07) is 36.6. The molecule has 3 aliphatic carbocycles. The number of fused-ring (bicyclic) bond motifs is 3. The fourth-order valence-corrected chi connectivity index (χ4v) is 12.0. The second-order valence-corrected chi connectivity index (χ2v) is 23.6. The van der Waals surface area contributed by atoms with Crippen LogP contribution < -0.4 is 21.9 Å². The van der Waals surface area contributed by atoms with E-state index in [1.54, 1.807) is 68.4 Å². The summed E-state index contributed by atoms with van der Waals surface area (Å²) < 4.78 is 17.7. The first-order valence-electron chi connectivity index (χ1n) is 31.1. The molecule has 504 valence electrons. The number of carboxylic acids is 3. The number of phenols is 3. The summed E-state index contributed by atoms with van der Waals surface area (Å²) >= 11 is 0. The van der Waals surface area contributed by atoms with Crippen molar-refractivity contribution in [3.8, 4) is 62.0 Å². The Morgan fingerprint density at radius 3 is 1.21 bits per heavy atom. The number of nitrogens with one attached hydrogen (secondary N) is 2. The smallest absolute Gasteiger partial charge is 0.371 e. The zero-order valence-corrected chi connectivity index (χ0v) is 55.1. The molecular formula is C72H64BrN11O15. The number of rotatable bonds is 13. The molecule has 6 aromatic carbocycles. The second-order valence-electron chi connectivity index (χ2n) is 23.6. The third-order valence-corrected chi connectivity index (χ3v) is 17.0. The molecule has 6 heterocycles. The summed E-state index contributed by atoms with van der Waals surface area (Å²) in [7, 11) is 0. The van der Waals surface area contributed by atoms with Crippen LogP contribution in [-0.4, -0.2) is 79.7 Å². The summed E-state index contributed by atoms with van der Waals surface area (Å²) in [5, 5.41) is 86.0. The number of aromatic amines is 2. The SMILES string of the molecule is Br.CC1=NN(c2ccc3c(c2)CCC3)C(=O)C1.Cc1[nH]n(-c2ccc3c(c2)CCC3)c(=O)c1N=Nc1cccc(-c2coc(C(=O)O)c2)c1O.Cc1[nH]n(-c2ccc3c(c2)CCC3)c(=O)c1N=Nc1cccc(-c2coc(C(=O)O)c2)c1O.Nc1cccc(-c2coc(C(=O)O)c2)c1O. The number of nitrogen functional groups attached to an aromatic ring is 1. The number of halogens is 1. The van der Waals surface area contributed by atoms with E-state index in [-0.39, 0.29) is 97.0 Å². The molecular weight excluding hydrogens is 1340 g/mol. The van der Waals surface area contributed by atoms with Crippen LogP contribution in [0.1, 0.15) is 109 Å². The maximum Gasteiger partial charge on any atom is 0.371 e. The topological polar surface area (TPSA) is 396 Å². The van der Waals surface area contributed by atoms with E-state index in [0.29, 0.717) is 51.2 Å². The van der Waals surface area contributed by atoms with Gasteiger partial charge in [0, 0.05) is 39.1 Å². The number of amides is 1. The van der Waals surface area contributed by atoms with Crippen LogP contribution in [0, 0.1) is 13.8 Å². The second kappa shape index (κ2) is 28.9. The van der Waals surface area contributed by atoms with E-state index in [0.717, 1.165) is 67.7 Å². The maximum atomic E-state index is 13.0. The number of hydrazone groups is 1. The number of para-hydroxylation sites is 3. The van der Waals surface area contributed by atoms with Gasteiger partial charge in [0.15, 0.2) is 22.9 Å². The Morgan fingerprint density at radius 2 is 0.838 bits per heavy atom. The Labute approximate surface area is 572 Å². The Kier molecular flexibility index (Phi) is 19.9. The first-order valence-corrected chi connectivity index (χ1v) is 31.1. The molecule has 0 radical (unpaired) electrons. The van der Waals surface area contributed by atoms with Gasteiger partial charge >= 0.3 is 17.9 Å². The zero-order chi connectivity index (χ0) is 69.1. The molecule has 4 aliphatic rings. The fraction of sp³-hybridized carbons (Fsp3) is 0.181. The van der Waals surface area contributed by atoms with Crippen LogP contribution in [-0.2, 0) is 43.3 Å². The van der Waals surface area contributed by atoms with Crippen LogP contribution in [0.3, 0.4) is 0 Å². The lowest BCUT2D eigenvalue weighted by atomic mass is 10.1. The van der Waals surface area contributed by atoms with Crippen molar-refractivity contribution in [3.05, 3.63) is 229 Å². The van der Waals surface area contributed by atoms with Crippen molar-refractivity contribution in [1.82, 2.24) is 19.6 Å². The fourth-order valence-electron chi connectivity index (χ4n) is 12.0. The number of carbonyl (C=O) groups is 4. The highest BCUT2D eigenvalue weighted by Crippen LogP contribution is 2.41. The van der Waals surface area contributed by atoms with E-state index in [2.05, 4.69) is 60.0 Å². The van der Waals surface area contributed by atoms with E-state index in [9.17, 15) is 44.1 Å². The molecule has 0 unspecified atom stereocenters. The normalized spacial score (nSPS) is 13.4. The van der Waals surface area contributed by atoms with Crippen molar-refractivity contribution in [1.29, 1.82) is 0 Å². The minimum atomic E-state index is -1.21. The standard InChI is InChI=1S/2C24H20N4O5.C13H14N2O.C11H9NO4.BrH/c2*1-13-21(23(30)28(27-13)17-9-8-14-4-2-5-15(14)10-17)26-25-19-7-3-6-18(22(19)29)16-11-20(24(31)32)33-12-16;1-9-7-13(16)15(14-9)12-6-5-10-3-2-4-11(10)8-12;12-8-3-1-2-7(10(8)13)6-4-9(11(14)15)16-5-6;/h2*3,6-12,27,29H,2,4-5H2,1H3,(H,31,32);5-6,8H,2-4,7H2,1H3;1-5,13H,12H2,(H,14,15);1H. The predicted molar refractivity (Wildman–Crippen MR) is 371 cm³/mol.